The average molecular weight is 493 g/mol. The maximum Gasteiger partial charge on any atom is 0.421 e. The third-order valence-electron chi connectivity index (χ3n) is 5.20. The Morgan fingerprint density at radius 1 is 1.18 bits per heavy atom. The second-order valence-corrected chi connectivity index (χ2v) is 7.90. The van der Waals surface area contributed by atoms with Gasteiger partial charge in [0.1, 0.15) is 11.7 Å². The van der Waals surface area contributed by atoms with Crippen LogP contribution in [0, 0.1) is 0 Å². The molecule has 0 bridgehead atoms. The van der Waals surface area contributed by atoms with E-state index in [9.17, 15) is 35.9 Å². The van der Waals surface area contributed by atoms with Gasteiger partial charge in [0.15, 0.2) is 0 Å². The minimum Gasteiger partial charge on any atom is -0.446 e. The number of aromatic amines is 1. The van der Waals surface area contributed by atoms with E-state index in [-0.39, 0.29) is 37.6 Å². The molecule has 1 fully saturated rings. The Labute approximate surface area is 189 Å². The van der Waals surface area contributed by atoms with Crippen molar-refractivity contribution in [2.24, 2.45) is 0 Å². The number of halogens is 6. The molecular weight excluding hydrogens is 472 g/mol. The van der Waals surface area contributed by atoms with Crippen LogP contribution in [0.2, 0.25) is 0 Å². The minimum atomic E-state index is -4.81. The lowest BCUT2D eigenvalue weighted by atomic mass is 10.1. The van der Waals surface area contributed by atoms with Gasteiger partial charge >= 0.3 is 18.4 Å². The molecule has 34 heavy (non-hydrogen) atoms. The predicted octanol–water partition coefficient (Wildman–Crippen LogP) is 3.48. The number of nitrogens with one attached hydrogen (secondary N) is 1. The van der Waals surface area contributed by atoms with Crippen molar-refractivity contribution >= 4 is 12.0 Å². The molecule has 2 aromatic heterocycles. The Morgan fingerprint density at radius 2 is 1.82 bits per heavy atom. The summed E-state index contributed by atoms with van der Waals surface area (Å²) in [6.45, 7) is 3.87. The van der Waals surface area contributed by atoms with Gasteiger partial charge in [0.2, 0.25) is 5.95 Å². The molecule has 1 aliphatic rings. The molecule has 0 aliphatic carbocycles. The lowest BCUT2D eigenvalue weighted by molar-refractivity contribution is -0.139. The Morgan fingerprint density at radius 3 is 2.38 bits per heavy atom. The maximum atomic E-state index is 12.9. The van der Waals surface area contributed by atoms with Gasteiger partial charge in [-0.25, -0.2) is 14.8 Å². The molecule has 3 heterocycles. The summed E-state index contributed by atoms with van der Waals surface area (Å²) in [6.07, 6.45) is -8.38. The molecule has 0 unspecified atom stereocenters. The van der Waals surface area contributed by atoms with Gasteiger partial charge in [0.05, 0.1) is 5.56 Å². The molecule has 3 rings (SSSR count). The highest BCUT2D eigenvalue weighted by Crippen LogP contribution is 2.29. The molecule has 0 spiro atoms. The predicted molar refractivity (Wildman–Crippen MR) is 107 cm³/mol. The van der Waals surface area contributed by atoms with Crippen molar-refractivity contribution in [3.63, 3.8) is 0 Å². The van der Waals surface area contributed by atoms with Crippen LogP contribution in [0.25, 0.3) is 0 Å². The van der Waals surface area contributed by atoms with Crippen molar-refractivity contribution in [2.45, 2.75) is 44.8 Å². The van der Waals surface area contributed by atoms with Gasteiger partial charge in [-0.1, -0.05) is 0 Å². The van der Waals surface area contributed by atoms with E-state index in [1.165, 1.54) is 11.8 Å². The van der Waals surface area contributed by atoms with Crippen LogP contribution in [0.5, 0.6) is 0 Å². The number of anilines is 1. The summed E-state index contributed by atoms with van der Waals surface area (Å²) in [4.78, 5) is 36.5. The van der Waals surface area contributed by atoms with Crippen molar-refractivity contribution < 1.29 is 35.9 Å². The summed E-state index contributed by atoms with van der Waals surface area (Å²) < 4.78 is 82.1. The van der Waals surface area contributed by atoms with Crippen molar-refractivity contribution in [1.82, 2.24) is 19.9 Å². The molecule has 186 valence electrons. The number of aromatic nitrogens is 3. The SMILES string of the molecule is C[C@@H](Cc1c[nH]c(=O)c(C(F)(F)F)c1)OC(=O)N1CCN(c2ncc(C(F)(F)F)cn2)C[C@@H]1C. The normalized spacial score (nSPS) is 18.1. The van der Waals surface area contributed by atoms with E-state index in [1.807, 2.05) is 4.98 Å². The first kappa shape index (κ1) is 25.3. The largest absolute Gasteiger partial charge is 0.446 e. The van der Waals surface area contributed by atoms with Crippen molar-refractivity contribution in [2.75, 3.05) is 24.5 Å². The number of alkyl halides is 6. The van der Waals surface area contributed by atoms with Gasteiger partial charge in [-0.05, 0) is 25.5 Å². The van der Waals surface area contributed by atoms with E-state index in [0.29, 0.717) is 18.5 Å². The summed E-state index contributed by atoms with van der Waals surface area (Å²) in [5.74, 6) is 0.0970. The van der Waals surface area contributed by atoms with E-state index >= 15 is 0 Å². The highest BCUT2D eigenvalue weighted by Gasteiger charge is 2.35. The fraction of sp³-hybridized carbons (Fsp3) is 0.500. The van der Waals surface area contributed by atoms with E-state index in [2.05, 4.69) is 9.97 Å². The highest BCUT2D eigenvalue weighted by atomic mass is 19.4. The van der Waals surface area contributed by atoms with Crippen LogP contribution in [0.1, 0.15) is 30.5 Å². The molecule has 0 radical (unpaired) electrons. The van der Waals surface area contributed by atoms with Crippen LogP contribution in [0.15, 0.2) is 29.5 Å². The van der Waals surface area contributed by atoms with Crippen LogP contribution in [0.3, 0.4) is 0 Å². The van der Waals surface area contributed by atoms with Crippen molar-refractivity contribution in [3.8, 4) is 0 Å². The number of ether oxygens (including phenoxy) is 1. The number of piperazine rings is 1. The molecular formula is C20H21F6N5O3. The quantitative estimate of drug-likeness (QED) is 0.656. The summed E-state index contributed by atoms with van der Waals surface area (Å²) in [6, 6.07) is 0.318. The van der Waals surface area contributed by atoms with Gasteiger partial charge in [-0.15, -0.1) is 0 Å². The first-order valence-electron chi connectivity index (χ1n) is 10.2. The number of H-pyrrole nitrogens is 1. The summed E-state index contributed by atoms with van der Waals surface area (Å²) in [5.41, 5.74) is -3.42. The smallest absolute Gasteiger partial charge is 0.421 e. The number of amides is 1. The number of carbonyl (C=O) groups is 1. The van der Waals surface area contributed by atoms with Gasteiger partial charge in [0.25, 0.3) is 5.56 Å². The second-order valence-electron chi connectivity index (χ2n) is 7.90. The molecule has 1 saturated heterocycles. The molecule has 0 saturated carbocycles. The molecule has 2 aromatic rings. The zero-order valence-corrected chi connectivity index (χ0v) is 18.1. The Balaban J connectivity index is 1.58. The van der Waals surface area contributed by atoms with Crippen molar-refractivity contribution in [1.29, 1.82) is 0 Å². The number of rotatable bonds is 4. The number of hydrogen-bond acceptors (Lipinski definition) is 6. The molecule has 1 aliphatic heterocycles. The number of hydrogen-bond donors (Lipinski definition) is 1. The van der Waals surface area contributed by atoms with E-state index in [1.54, 1.807) is 11.8 Å². The third-order valence-corrected chi connectivity index (χ3v) is 5.20. The maximum absolute atomic E-state index is 12.9. The monoisotopic (exact) mass is 493 g/mol. The molecule has 1 amide bonds. The Kier molecular flexibility index (Phi) is 7.07. The first-order chi connectivity index (χ1) is 15.8. The number of carbonyl (C=O) groups excluding carboxylic acids is 1. The highest BCUT2D eigenvalue weighted by molar-refractivity contribution is 5.68. The molecule has 0 aromatic carbocycles. The lowest BCUT2D eigenvalue weighted by Gasteiger charge is -2.39. The number of nitrogens with zero attached hydrogens (tertiary/aromatic N) is 4. The first-order valence-corrected chi connectivity index (χ1v) is 10.2. The lowest BCUT2D eigenvalue weighted by Crippen LogP contribution is -2.55. The topological polar surface area (TPSA) is 91.4 Å². The Bertz CT molecular complexity index is 1070. The second kappa shape index (κ2) is 9.50. The van der Waals surface area contributed by atoms with E-state index in [0.717, 1.165) is 6.20 Å². The summed E-state index contributed by atoms with van der Waals surface area (Å²) in [7, 11) is 0. The van der Waals surface area contributed by atoms with Crippen molar-refractivity contribution in [3.05, 3.63) is 51.7 Å². The van der Waals surface area contributed by atoms with E-state index in [4.69, 9.17) is 4.74 Å². The molecule has 14 heteroatoms. The fourth-order valence-electron chi connectivity index (χ4n) is 3.51. The third kappa shape index (κ3) is 5.97. The zero-order chi connectivity index (χ0) is 25.3. The van der Waals surface area contributed by atoms with Crippen LogP contribution in [-0.4, -0.2) is 57.7 Å². The fourth-order valence-corrected chi connectivity index (χ4v) is 3.51. The van der Waals surface area contributed by atoms with Gasteiger partial charge < -0.3 is 19.5 Å². The molecule has 2 atom stereocenters. The van der Waals surface area contributed by atoms with Gasteiger partial charge in [0, 0.05) is 50.7 Å². The van der Waals surface area contributed by atoms with Gasteiger partial charge in [-0.2, -0.15) is 26.3 Å². The van der Waals surface area contributed by atoms with Crippen LogP contribution in [-0.2, 0) is 23.5 Å². The standard InChI is InChI=1S/C20H21F6N5O3/c1-11-10-30(17-28-8-14(9-29-17)19(21,22)23)3-4-31(11)18(33)34-12(2)5-13-6-15(20(24,25)26)16(32)27-7-13/h6-9,11-12H,3-5,10H2,1-2H3,(H,27,32)/t11-,12-/m0/s1. The zero-order valence-electron chi connectivity index (χ0n) is 18.1. The van der Waals surface area contributed by atoms with Crippen LogP contribution >= 0.6 is 0 Å². The van der Waals surface area contributed by atoms with Gasteiger partial charge in [-0.3, -0.25) is 4.79 Å². The molecule has 1 N–H and O–H groups in total. The van der Waals surface area contributed by atoms with E-state index < -0.39 is 47.3 Å². The van der Waals surface area contributed by atoms with Crippen LogP contribution in [0.4, 0.5) is 37.1 Å². The minimum absolute atomic E-state index is 0.0562. The Hall–Kier alpha value is -3.32. The average Bonchev–Trinajstić information content (AvgIpc) is 2.73. The van der Waals surface area contributed by atoms with Crippen LogP contribution < -0.4 is 10.5 Å². The molecule has 8 nitrogen and oxygen atoms in total. The summed E-state index contributed by atoms with van der Waals surface area (Å²) in [5, 5.41) is 0. The number of pyridine rings is 1. The summed E-state index contributed by atoms with van der Waals surface area (Å²) >= 11 is 0.